The molecule has 0 bridgehead atoms. The van der Waals surface area contributed by atoms with Crippen molar-refractivity contribution in [1.82, 2.24) is 9.97 Å². The number of hydrogen-bond donors (Lipinski definition) is 2. The number of hydrogen-bond acceptors (Lipinski definition) is 6. The average Bonchev–Trinajstić information content (AvgIpc) is 2.45. The predicted octanol–water partition coefficient (Wildman–Crippen LogP) is 2.87. The van der Waals surface area contributed by atoms with Crippen LogP contribution in [0.1, 0.15) is 26.0 Å². The van der Waals surface area contributed by atoms with E-state index in [1.165, 1.54) is 17.5 Å². The summed E-state index contributed by atoms with van der Waals surface area (Å²) in [4.78, 5) is 8.78. The summed E-state index contributed by atoms with van der Waals surface area (Å²) in [6, 6.07) is 0. The number of aromatic nitrogens is 2. The third kappa shape index (κ3) is 4.86. The van der Waals surface area contributed by atoms with Gasteiger partial charge >= 0.3 is 0 Å². The second kappa shape index (κ2) is 8.60. The van der Waals surface area contributed by atoms with E-state index in [9.17, 15) is 0 Å². The smallest absolute Gasteiger partial charge is 0.258 e. The molecule has 0 radical (unpaired) electrons. The zero-order valence-electron chi connectivity index (χ0n) is 12.3. The molecule has 1 rings (SSSR count). The molecule has 20 heavy (non-hydrogen) atoms. The van der Waals surface area contributed by atoms with Crippen LogP contribution in [0.15, 0.2) is 24.4 Å². The maximum absolute atomic E-state index is 5.46. The van der Waals surface area contributed by atoms with Crippen molar-refractivity contribution in [3.8, 4) is 5.88 Å². The van der Waals surface area contributed by atoms with Crippen molar-refractivity contribution in [3.05, 3.63) is 30.1 Å². The molecule has 0 spiro atoms. The molecule has 0 aromatic carbocycles. The molecule has 0 aliphatic rings. The van der Waals surface area contributed by atoms with E-state index in [1.54, 1.807) is 6.20 Å². The average molecular weight is 294 g/mol. The van der Waals surface area contributed by atoms with Gasteiger partial charge in [0.1, 0.15) is 6.61 Å². The summed E-state index contributed by atoms with van der Waals surface area (Å²) < 4.78 is 8.52. The maximum atomic E-state index is 5.46. The summed E-state index contributed by atoms with van der Waals surface area (Å²) in [5, 5.41) is 0. The van der Waals surface area contributed by atoms with Gasteiger partial charge in [-0.15, -0.1) is 0 Å². The third-order valence-electron chi connectivity index (χ3n) is 2.60. The molecule has 5 nitrogen and oxygen atoms in total. The zero-order chi connectivity index (χ0) is 15.0. The second-order valence-corrected chi connectivity index (χ2v) is 4.83. The normalized spacial score (nSPS) is 11.3. The van der Waals surface area contributed by atoms with Crippen LogP contribution in [-0.2, 0) is 0 Å². The summed E-state index contributed by atoms with van der Waals surface area (Å²) in [6.07, 6.45) is 6.59. The van der Waals surface area contributed by atoms with Gasteiger partial charge in [-0.3, -0.25) is 0 Å². The topological polar surface area (TPSA) is 73.1 Å². The van der Waals surface area contributed by atoms with E-state index < -0.39 is 0 Å². The fourth-order valence-electron chi connectivity index (χ4n) is 1.43. The van der Waals surface area contributed by atoms with Gasteiger partial charge in [-0.2, -0.15) is 0 Å². The van der Waals surface area contributed by atoms with Gasteiger partial charge in [-0.1, -0.05) is 37.1 Å². The van der Waals surface area contributed by atoms with E-state index >= 15 is 0 Å². The van der Waals surface area contributed by atoms with Crippen molar-refractivity contribution in [1.29, 1.82) is 0 Å². The van der Waals surface area contributed by atoms with Gasteiger partial charge in [0.05, 0.1) is 11.9 Å². The summed E-state index contributed by atoms with van der Waals surface area (Å²) in [5.41, 5.74) is 8.25. The first kappa shape index (κ1) is 16.5. The van der Waals surface area contributed by atoms with E-state index in [0.717, 1.165) is 17.7 Å². The number of nitrogens with zero attached hydrogens (tertiary/aromatic N) is 2. The molecule has 0 atom stereocenters. The number of allylic oxidation sites excluding steroid dienone is 3. The van der Waals surface area contributed by atoms with Crippen LogP contribution < -0.4 is 15.2 Å². The van der Waals surface area contributed by atoms with Crippen molar-refractivity contribution >= 4 is 23.3 Å². The van der Waals surface area contributed by atoms with Crippen LogP contribution in [0.3, 0.4) is 0 Å². The highest BCUT2D eigenvalue weighted by atomic mass is 32.2. The monoisotopic (exact) mass is 294 g/mol. The Hall–Kier alpha value is -1.53. The van der Waals surface area contributed by atoms with Gasteiger partial charge in [0.2, 0.25) is 0 Å². The summed E-state index contributed by atoms with van der Waals surface area (Å²) in [7, 11) is 0. The quantitative estimate of drug-likeness (QED) is 0.567. The Morgan fingerprint density at radius 2 is 2.35 bits per heavy atom. The van der Waals surface area contributed by atoms with Gasteiger partial charge in [0, 0.05) is 12.8 Å². The second-order valence-electron chi connectivity index (χ2n) is 4.22. The molecule has 0 saturated carbocycles. The number of nitrogens with one attached hydrogen (secondary N) is 1. The minimum Gasteiger partial charge on any atom is -0.474 e. The van der Waals surface area contributed by atoms with Crippen LogP contribution in [0.4, 0.5) is 5.82 Å². The summed E-state index contributed by atoms with van der Waals surface area (Å²) >= 11 is 1.43. The fraction of sp³-hybridized carbons (Fsp3) is 0.429. The Bertz CT molecular complexity index is 488. The number of anilines is 1. The van der Waals surface area contributed by atoms with Gasteiger partial charge in [-0.25, -0.2) is 9.97 Å². The Balaban J connectivity index is 2.99. The molecule has 0 aliphatic carbocycles. The summed E-state index contributed by atoms with van der Waals surface area (Å²) in [6.45, 7) is 9.05. The van der Waals surface area contributed by atoms with E-state index in [4.69, 9.17) is 10.5 Å². The lowest BCUT2D eigenvalue weighted by Gasteiger charge is -2.11. The largest absolute Gasteiger partial charge is 0.474 e. The van der Waals surface area contributed by atoms with Crippen LogP contribution >= 0.6 is 11.9 Å². The first-order chi connectivity index (χ1) is 9.62. The van der Waals surface area contributed by atoms with Crippen LogP contribution in [-0.4, -0.2) is 29.4 Å². The first-order valence-corrected chi connectivity index (χ1v) is 7.70. The number of ether oxygens (including phenoxy) is 1. The molecule has 0 aliphatic heterocycles. The van der Waals surface area contributed by atoms with Crippen molar-refractivity contribution in [2.45, 2.75) is 20.3 Å². The van der Waals surface area contributed by atoms with Crippen molar-refractivity contribution in [3.63, 3.8) is 0 Å². The Labute approximate surface area is 124 Å². The van der Waals surface area contributed by atoms with Gasteiger partial charge in [0.25, 0.3) is 5.88 Å². The van der Waals surface area contributed by atoms with Crippen LogP contribution in [0.2, 0.25) is 0 Å². The zero-order valence-corrected chi connectivity index (χ0v) is 13.1. The van der Waals surface area contributed by atoms with E-state index in [-0.39, 0.29) is 0 Å². The molecule has 3 N–H and O–H groups in total. The lowest BCUT2D eigenvalue weighted by atomic mass is 10.1. The molecular weight excluding hydrogens is 272 g/mol. The lowest BCUT2D eigenvalue weighted by molar-refractivity contribution is 0.316. The highest BCUT2D eigenvalue weighted by molar-refractivity contribution is 7.99. The molecule has 1 aromatic heterocycles. The van der Waals surface area contributed by atoms with E-state index in [0.29, 0.717) is 24.8 Å². The minimum atomic E-state index is 0.410. The Kier molecular flexibility index (Phi) is 7.11. The highest BCUT2D eigenvalue weighted by Gasteiger charge is 2.09. The molecule has 6 heteroatoms. The molecular formula is C14H22N4OS. The lowest BCUT2D eigenvalue weighted by Crippen LogP contribution is -2.12. The van der Waals surface area contributed by atoms with Crippen molar-refractivity contribution in [2.75, 3.05) is 24.1 Å². The molecule has 0 saturated heterocycles. The van der Waals surface area contributed by atoms with Crippen molar-refractivity contribution in [2.24, 2.45) is 5.73 Å². The van der Waals surface area contributed by atoms with Crippen molar-refractivity contribution < 1.29 is 4.74 Å². The minimum absolute atomic E-state index is 0.410. The number of rotatable bonds is 8. The number of nitrogens with two attached hydrogens (primary N) is 1. The third-order valence-corrected chi connectivity index (χ3v) is 3.00. The summed E-state index contributed by atoms with van der Waals surface area (Å²) in [5.74, 6) is 1.05. The van der Waals surface area contributed by atoms with Gasteiger partial charge < -0.3 is 15.2 Å². The molecule has 0 unspecified atom stereocenters. The molecule has 0 amide bonds. The Morgan fingerprint density at radius 3 is 2.95 bits per heavy atom. The van der Waals surface area contributed by atoms with Crippen LogP contribution in [0.25, 0.3) is 5.57 Å². The maximum Gasteiger partial charge on any atom is 0.258 e. The van der Waals surface area contributed by atoms with Crippen LogP contribution in [0.5, 0.6) is 5.88 Å². The van der Waals surface area contributed by atoms with Gasteiger partial charge in [0.15, 0.2) is 5.82 Å². The first-order valence-electron chi connectivity index (χ1n) is 6.47. The van der Waals surface area contributed by atoms with Crippen LogP contribution in [0, 0.1) is 0 Å². The SMILES string of the molecule is C=C(/C=C(\C)CC)c1cnc(OCCN)c(NSC)n1. The molecule has 1 aromatic rings. The van der Waals surface area contributed by atoms with E-state index in [2.05, 4.69) is 35.1 Å². The van der Waals surface area contributed by atoms with Gasteiger partial charge in [-0.05, 0) is 18.9 Å². The standard InChI is InChI=1S/C14H22N4OS/c1-5-10(2)8-11(3)12-9-16-14(19-7-6-15)13(17-12)18-20-4/h8-9H,3,5-7,15H2,1-2,4H3,(H,17,18)/b10-8+. The Morgan fingerprint density at radius 1 is 1.60 bits per heavy atom. The molecule has 1 heterocycles. The van der Waals surface area contributed by atoms with E-state index in [1.807, 2.05) is 12.3 Å². The fourth-order valence-corrected chi connectivity index (χ4v) is 1.76. The highest BCUT2D eigenvalue weighted by Crippen LogP contribution is 2.24. The molecule has 0 fully saturated rings. The predicted molar refractivity (Wildman–Crippen MR) is 86.8 cm³/mol. The molecule has 110 valence electrons.